The molecule has 0 saturated carbocycles. The van der Waals surface area contributed by atoms with Gasteiger partial charge in [0.2, 0.25) is 0 Å². The van der Waals surface area contributed by atoms with Crippen LogP contribution in [0.5, 0.6) is 0 Å². The summed E-state index contributed by atoms with van der Waals surface area (Å²) in [5.41, 5.74) is 6.81. The Balaban J connectivity index is 2.80. The highest BCUT2D eigenvalue weighted by Crippen LogP contribution is 2.26. The maximum absolute atomic E-state index is 4.12. The number of hydrogen-bond donors (Lipinski definition) is 0. The molecule has 0 aliphatic carbocycles. The minimum Gasteiger partial charge on any atom is -0.0654 e. The lowest BCUT2D eigenvalue weighted by Crippen LogP contribution is -2.05. The van der Waals surface area contributed by atoms with Crippen LogP contribution in [0.4, 0.5) is 0 Å². The summed E-state index contributed by atoms with van der Waals surface area (Å²) < 4.78 is 0. The molecule has 37 heavy (non-hydrogen) atoms. The quantitative estimate of drug-likeness (QED) is 0.103. The highest BCUT2D eigenvalue weighted by molar-refractivity contribution is 5.40. The van der Waals surface area contributed by atoms with Crippen molar-refractivity contribution in [2.24, 2.45) is 0 Å². The zero-order chi connectivity index (χ0) is 26.8. The smallest absolute Gasteiger partial charge is 0.0273 e. The Morgan fingerprint density at radius 2 is 0.757 bits per heavy atom. The Kier molecular flexibility index (Phi) is 23.6. The van der Waals surface area contributed by atoms with E-state index in [2.05, 4.69) is 39.8 Å². The summed E-state index contributed by atoms with van der Waals surface area (Å²) in [4.78, 5) is 0. The van der Waals surface area contributed by atoms with Crippen molar-refractivity contribution in [1.82, 2.24) is 0 Å². The molecule has 1 aromatic rings. The van der Waals surface area contributed by atoms with E-state index in [9.17, 15) is 0 Å². The van der Waals surface area contributed by atoms with Crippen molar-refractivity contribution in [3.05, 3.63) is 41.3 Å². The van der Waals surface area contributed by atoms with Crippen molar-refractivity contribution in [3.8, 4) is 0 Å². The molecule has 0 nitrogen and oxygen atoms in total. The van der Waals surface area contributed by atoms with Gasteiger partial charge in [0.05, 0.1) is 0 Å². The van der Waals surface area contributed by atoms with Crippen molar-refractivity contribution in [2.45, 2.75) is 194 Å². The molecule has 0 heterocycles. The van der Waals surface area contributed by atoms with Gasteiger partial charge in [0.25, 0.3) is 0 Å². The van der Waals surface area contributed by atoms with Crippen molar-refractivity contribution in [1.29, 1.82) is 0 Å². The Bertz CT molecular complexity index is 573. The molecule has 0 aliphatic heterocycles. The Hall–Kier alpha value is -0.780. The van der Waals surface area contributed by atoms with Crippen molar-refractivity contribution < 1.29 is 0 Å². The molecular weight excluding hydrogens is 444 g/mol. The van der Waals surface area contributed by atoms with Crippen LogP contribution in [0, 0.1) is 6.92 Å². The van der Waals surface area contributed by atoms with Gasteiger partial charge in [-0.3, -0.25) is 0 Å². The summed E-state index contributed by atoms with van der Waals surface area (Å²) in [6, 6.07) is 5.25. The van der Waals surface area contributed by atoms with E-state index < -0.39 is 0 Å². The van der Waals surface area contributed by atoms with Crippen LogP contribution < -0.4 is 0 Å². The fraction of sp³-hybridized carbons (Fsp3) is 0.811. The van der Waals surface area contributed by atoms with E-state index >= 15 is 0 Å². The molecule has 0 atom stereocenters. The van der Waals surface area contributed by atoms with Gasteiger partial charge in [0, 0.05) is 0 Å². The molecule has 1 rings (SSSR count). The summed E-state index contributed by atoms with van der Waals surface area (Å²) in [5, 5.41) is 0. The highest BCUT2D eigenvalue weighted by atomic mass is 14.2. The van der Waals surface area contributed by atoms with Gasteiger partial charge >= 0.3 is 0 Å². The lowest BCUT2D eigenvalue weighted by Gasteiger charge is -2.18. The summed E-state index contributed by atoms with van der Waals surface area (Å²) >= 11 is 0. The first kappa shape index (κ1) is 34.2. The van der Waals surface area contributed by atoms with E-state index in [1.54, 1.807) is 22.3 Å². The normalized spacial score (nSPS) is 11.5. The predicted molar refractivity (Wildman–Crippen MR) is 170 cm³/mol. The van der Waals surface area contributed by atoms with Gasteiger partial charge in [-0.05, 0) is 73.6 Å². The van der Waals surface area contributed by atoms with Gasteiger partial charge in [-0.2, -0.15) is 0 Å². The molecule has 1 aromatic carbocycles. The second kappa shape index (κ2) is 25.5. The molecule has 215 valence electrons. The molecular formula is C37H67. The van der Waals surface area contributed by atoms with Gasteiger partial charge in [-0.25, -0.2) is 0 Å². The van der Waals surface area contributed by atoms with Crippen molar-refractivity contribution in [2.75, 3.05) is 0 Å². The molecule has 0 amide bonds. The average Bonchev–Trinajstić information content (AvgIpc) is 2.91. The molecule has 0 heteroatoms. The third-order valence-electron chi connectivity index (χ3n) is 8.34. The first-order valence-corrected chi connectivity index (χ1v) is 17.2. The topological polar surface area (TPSA) is 0 Å². The largest absolute Gasteiger partial charge is 0.0654 e. The predicted octanol–water partition coefficient (Wildman–Crippen LogP) is 12.7. The van der Waals surface area contributed by atoms with Crippen molar-refractivity contribution in [3.63, 3.8) is 0 Å². The number of hydrogen-bond acceptors (Lipinski definition) is 0. The van der Waals surface area contributed by atoms with E-state index in [0.29, 0.717) is 0 Å². The second-order valence-corrected chi connectivity index (χ2v) is 12.0. The molecule has 0 saturated heterocycles. The fourth-order valence-electron chi connectivity index (χ4n) is 5.91. The highest BCUT2D eigenvalue weighted by Gasteiger charge is 2.12. The van der Waals surface area contributed by atoms with E-state index in [4.69, 9.17) is 0 Å². The summed E-state index contributed by atoms with van der Waals surface area (Å²) in [5.74, 6) is 0. The molecule has 0 unspecified atom stereocenters. The molecule has 0 fully saturated rings. The monoisotopic (exact) mass is 512 g/mol. The summed E-state index contributed by atoms with van der Waals surface area (Å²) in [7, 11) is 0. The summed E-state index contributed by atoms with van der Waals surface area (Å²) in [6.07, 6.45) is 37.0. The van der Waals surface area contributed by atoms with Gasteiger partial charge in [-0.15, -0.1) is 0 Å². The maximum atomic E-state index is 4.12. The molecule has 0 bridgehead atoms. The Morgan fingerprint density at radius 3 is 1.14 bits per heavy atom. The third-order valence-corrected chi connectivity index (χ3v) is 8.34. The van der Waals surface area contributed by atoms with E-state index in [-0.39, 0.29) is 0 Å². The van der Waals surface area contributed by atoms with E-state index in [1.807, 2.05) is 0 Å². The minimum atomic E-state index is 1.06. The zero-order valence-electron chi connectivity index (χ0n) is 26.0. The van der Waals surface area contributed by atoms with Crippen LogP contribution >= 0.6 is 0 Å². The standard InChI is InChI=1S/C37H67/c1-5-9-13-16-19-22-25-29-35-32-34(28-12-8-4)33-36(30-26-23-20-17-14-10-6-2)37(35)31-27-24-21-18-15-11-7-3/h32-33H,4-31H2,1-3H3. The lowest BCUT2D eigenvalue weighted by molar-refractivity contribution is 0.578. The summed E-state index contributed by atoms with van der Waals surface area (Å²) in [6.45, 7) is 11.1. The number of aryl methyl sites for hydroxylation is 3. The van der Waals surface area contributed by atoms with Gasteiger partial charge in [0.1, 0.15) is 0 Å². The first-order valence-electron chi connectivity index (χ1n) is 17.2. The molecule has 0 aromatic heterocycles. The minimum absolute atomic E-state index is 1.06. The van der Waals surface area contributed by atoms with Crippen molar-refractivity contribution >= 4 is 0 Å². The fourth-order valence-corrected chi connectivity index (χ4v) is 5.91. The molecule has 0 spiro atoms. The number of benzene rings is 1. The zero-order valence-corrected chi connectivity index (χ0v) is 26.0. The SMILES string of the molecule is [CH2]CCCc1cc(CCCCCCCCC)c(CCCCCCCCC)c(CCCCCCCCC)c1. The molecule has 0 N–H and O–H groups in total. The van der Waals surface area contributed by atoms with Crippen LogP contribution in [0.15, 0.2) is 12.1 Å². The Morgan fingerprint density at radius 1 is 0.405 bits per heavy atom. The molecule has 0 aliphatic rings. The Labute approximate surface area is 235 Å². The maximum Gasteiger partial charge on any atom is -0.0273 e. The van der Waals surface area contributed by atoms with Crippen LogP contribution in [0.3, 0.4) is 0 Å². The first-order chi connectivity index (χ1) is 18.3. The van der Waals surface area contributed by atoms with Gasteiger partial charge in [0.15, 0.2) is 0 Å². The van der Waals surface area contributed by atoms with Crippen LogP contribution in [0.25, 0.3) is 0 Å². The van der Waals surface area contributed by atoms with Crippen LogP contribution in [-0.4, -0.2) is 0 Å². The number of rotatable bonds is 27. The second-order valence-electron chi connectivity index (χ2n) is 12.0. The van der Waals surface area contributed by atoms with Gasteiger partial charge < -0.3 is 0 Å². The van der Waals surface area contributed by atoms with E-state index in [1.165, 1.54) is 167 Å². The van der Waals surface area contributed by atoms with Crippen LogP contribution in [0.1, 0.15) is 191 Å². The average molecular weight is 512 g/mol. The van der Waals surface area contributed by atoms with Crippen LogP contribution in [-0.2, 0) is 25.7 Å². The number of unbranched alkanes of at least 4 members (excludes halogenated alkanes) is 19. The molecule has 1 radical (unpaired) electrons. The van der Waals surface area contributed by atoms with E-state index in [0.717, 1.165) is 6.42 Å². The van der Waals surface area contributed by atoms with Crippen LogP contribution in [0.2, 0.25) is 0 Å². The third kappa shape index (κ3) is 18.2. The lowest BCUT2D eigenvalue weighted by atomic mass is 9.87. The van der Waals surface area contributed by atoms with Gasteiger partial charge in [-0.1, -0.05) is 162 Å².